The van der Waals surface area contributed by atoms with Gasteiger partial charge in [-0.05, 0) is 40.8 Å². The van der Waals surface area contributed by atoms with E-state index in [1.807, 2.05) is 42.1 Å². The molecule has 0 aliphatic heterocycles. The zero-order valence-corrected chi connectivity index (χ0v) is 10.5. The predicted molar refractivity (Wildman–Crippen MR) is 66.7 cm³/mol. The molecule has 0 unspecified atom stereocenters. The van der Waals surface area contributed by atoms with E-state index < -0.39 is 0 Å². The maximum absolute atomic E-state index is 5.65. The molecule has 0 fully saturated rings. The predicted octanol–water partition coefficient (Wildman–Crippen LogP) is 2.60. The van der Waals surface area contributed by atoms with Crippen LogP contribution in [0.2, 0.25) is 0 Å². The van der Waals surface area contributed by atoms with Gasteiger partial charge in [0.15, 0.2) is 0 Å². The fourth-order valence-corrected chi connectivity index (χ4v) is 1.75. The van der Waals surface area contributed by atoms with Gasteiger partial charge in [0.05, 0.1) is 18.2 Å². The first-order valence-corrected chi connectivity index (χ1v) is 5.67. The first-order valence-electron chi connectivity index (χ1n) is 4.59. The van der Waals surface area contributed by atoms with Crippen molar-refractivity contribution in [3.05, 3.63) is 46.1 Å². The van der Waals surface area contributed by atoms with Gasteiger partial charge >= 0.3 is 0 Å². The normalized spacial score (nSPS) is 10.3. The molecule has 0 amide bonds. The summed E-state index contributed by atoms with van der Waals surface area (Å²) in [5.74, 6) is 0.892. The standard InChI is InChI=1S/C11H11IN2O/c1-14-8-13-6-10(14)7-15-11-4-2-3-9(12)5-11/h2-6,8H,7H2,1H3. The average molecular weight is 314 g/mol. The molecule has 0 N–H and O–H groups in total. The van der Waals surface area contributed by atoms with Crippen molar-refractivity contribution in [2.24, 2.45) is 7.05 Å². The van der Waals surface area contributed by atoms with Gasteiger partial charge in [-0.3, -0.25) is 0 Å². The van der Waals surface area contributed by atoms with Gasteiger partial charge in [0, 0.05) is 10.6 Å². The summed E-state index contributed by atoms with van der Waals surface area (Å²) < 4.78 is 8.77. The van der Waals surface area contributed by atoms with Gasteiger partial charge in [-0.15, -0.1) is 0 Å². The molecule has 0 radical (unpaired) electrons. The number of aryl methyl sites for hydroxylation is 1. The van der Waals surface area contributed by atoms with Crippen LogP contribution in [0.1, 0.15) is 5.69 Å². The van der Waals surface area contributed by atoms with Crippen molar-refractivity contribution in [1.82, 2.24) is 9.55 Å². The molecule has 0 saturated heterocycles. The summed E-state index contributed by atoms with van der Waals surface area (Å²) in [6, 6.07) is 7.99. The van der Waals surface area contributed by atoms with Gasteiger partial charge < -0.3 is 9.30 Å². The Morgan fingerprint density at radius 2 is 2.33 bits per heavy atom. The molecule has 0 aliphatic carbocycles. The van der Waals surface area contributed by atoms with Crippen LogP contribution in [0.25, 0.3) is 0 Å². The van der Waals surface area contributed by atoms with E-state index in [1.54, 1.807) is 6.33 Å². The Kier molecular flexibility index (Phi) is 3.25. The maximum atomic E-state index is 5.65. The SMILES string of the molecule is Cn1cncc1COc1cccc(I)c1. The van der Waals surface area contributed by atoms with Crippen LogP contribution in [0.15, 0.2) is 36.8 Å². The Hall–Kier alpha value is -1.04. The molecule has 1 aromatic carbocycles. The fourth-order valence-electron chi connectivity index (χ4n) is 1.24. The van der Waals surface area contributed by atoms with E-state index in [1.165, 1.54) is 3.57 Å². The van der Waals surface area contributed by atoms with E-state index in [9.17, 15) is 0 Å². The molecule has 2 rings (SSSR count). The van der Waals surface area contributed by atoms with E-state index in [0.717, 1.165) is 11.4 Å². The molecule has 0 aliphatic rings. The van der Waals surface area contributed by atoms with Gasteiger partial charge in [-0.25, -0.2) is 4.98 Å². The summed E-state index contributed by atoms with van der Waals surface area (Å²) in [7, 11) is 1.96. The van der Waals surface area contributed by atoms with Crippen molar-refractivity contribution in [2.45, 2.75) is 6.61 Å². The first kappa shape index (κ1) is 10.5. The molecule has 4 heteroatoms. The molecule has 1 heterocycles. The lowest BCUT2D eigenvalue weighted by Gasteiger charge is -2.06. The van der Waals surface area contributed by atoms with Gasteiger partial charge in [0.1, 0.15) is 12.4 Å². The largest absolute Gasteiger partial charge is 0.487 e. The molecule has 0 bridgehead atoms. The second kappa shape index (κ2) is 4.65. The van der Waals surface area contributed by atoms with E-state index in [4.69, 9.17) is 4.74 Å². The second-order valence-corrected chi connectivity index (χ2v) is 4.49. The van der Waals surface area contributed by atoms with Crippen molar-refractivity contribution in [1.29, 1.82) is 0 Å². The van der Waals surface area contributed by atoms with Crippen LogP contribution in [0.5, 0.6) is 5.75 Å². The van der Waals surface area contributed by atoms with Crippen LogP contribution < -0.4 is 4.74 Å². The minimum atomic E-state index is 0.552. The summed E-state index contributed by atoms with van der Waals surface area (Å²) in [6.45, 7) is 0.552. The van der Waals surface area contributed by atoms with Gasteiger partial charge in [-0.2, -0.15) is 0 Å². The zero-order valence-electron chi connectivity index (χ0n) is 8.35. The number of nitrogens with zero attached hydrogens (tertiary/aromatic N) is 2. The maximum Gasteiger partial charge on any atom is 0.130 e. The molecule has 78 valence electrons. The van der Waals surface area contributed by atoms with Crippen LogP contribution >= 0.6 is 22.6 Å². The second-order valence-electron chi connectivity index (χ2n) is 3.24. The smallest absolute Gasteiger partial charge is 0.130 e. The number of halogens is 1. The van der Waals surface area contributed by atoms with Crippen LogP contribution in [-0.2, 0) is 13.7 Å². The third-order valence-electron chi connectivity index (χ3n) is 2.10. The molecule has 2 aromatic rings. The highest BCUT2D eigenvalue weighted by Crippen LogP contribution is 2.16. The van der Waals surface area contributed by atoms with Crippen LogP contribution in [-0.4, -0.2) is 9.55 Å². The van der Waals surface area contributed by atoms with Gasteiger partial charge in [0.2, 0.25) is 0 Å². The number of hydrogen-bond acceptors (Lipinski definition) is 2. The van der Waals surface area contributed by atoms with Gasteiger partial charge in [-0.1, -0.05) is 6.07 Å². The number of aromatic nitrogens is 2. The monoisotopic (exact) mass is 314 g/mol. The summed E-state index contributed by atoms with van der Waals surface area (Å²) in [6.07, 6.45) is 3.58. The van der Waals surface area contributed by atoms with E-state index in [2.05, 4.69) is 27.6 Å². The molecule has 1 aromatic heterocycles. The Bertz CT molecular complexity index is 453. The summed E-state index contributed by atoms with van der Waals surface area (Å²) >= 11 is 2.27. The summed E-state index contributed by atoms with van der Waals surface area (Å²) in [5, 5.41) is 0. The number of imidazole rings is 1. The summed E-state index contributed by atoms with van der Waals surface area (Å²) in [4.78, 5) is 4.03. The van der Waals surface area contributed by atoms with Crippen LogP contribution in [0, 0.1) is 3.57 Å². The van der Waals surface area contributed by atoms with Crippen molar-refractivity contribution in [3.8, 4) is 5.75 Å². The lowest BCUT2D eigenvalue weighted by molar-refractivity contribution is 0.297. The Morgan fingerprint density at radius 3 is 3.00 bits per heavy atom. The number of rotatable bonds is 3. The molecular formula is C11H11IN2O. The molecule has 0 spiro atoms. The van der Waals surface area contributed by atoms with Crippen molar-refractivity contribution >= 4 is 22.6 Å². The highest BCUT2D eigenvalue weighted by atomic mass is 127. The van der Waals surface area contributed by atoms with Crippen LogP contribution in [0.4, 0.5) is 0 Å². The average Bonchev–Trinajstić information content (AvgIpc) is 2.61. The van der Waals surface area contributed by atoms with E-state index >= 15 is 0 Å². The first-order chi connectivity index (χ1) is 7.25. The Labute approximate surface area is 102 Å². The topological polar surface area (TPSA) is 27.1 Å². The van der Waals surface area contributed by atoms with Gasteiger partial charge in [0.25, 0.3) is 0 Å². The molecule has 0 saturated carbocycles. The third-order valence-corrected chi connectivity index (χ3v) is 2.77. The van der Waals surface area contributed by atoms with Crippen molar-refractivity contribution in [2.75, 3.05) is 0 Å². The molecule has 3 nitrogen and oxygen atoms in total. The quantitative estimate of drug-likeness (QED) is 0.814. The molecule has 0 atom stereocenters. The minimum Gasteiger partial charge on any atom is -0.487 e. The van der Waals surface area contributed by atoms with Crippen molar-refractivity contribution in [3.63, 3.8) is 0 Å². The lowest BCUT2D eigenvalue weighted by atomic mass is 10.3. The minimum absolute atomic E-state index is 0.552. The molecule has 15 heavy (non-hydrogen) atoms. The third kappa shape index (κ3) is 2.71. The highest BCUT2D eigenvalue weighted by Gasteiger charge is 1.99. The van der Waals surface area contributed by atoms with Crippen LogP contribution in [0.3, 0.4) is 0 Å². The fraction of sp³-hybridized carbons (Fsp3) is 0.182. The Morgan fingerprint density at radius 1 is 1.47 bits per heavy atom. The summed E-state index contributed by atoms with van der Waals surface area (Å²) in [5.41, 5.74) is 1.06. The van der Waals surface area contributed by atoms with E-state index in [0.29, 0.717) is 6.61 Å². The number of benzene rings is 1. The molecular weight excluding hydrogens is 303 g/mol. The zero-order chi connectivity index (χ0) is 10.7. The van der Waals surface area contributed by atoms with Crippen molar-refractivity contribution < 1.29 is 4.74 Å². The number of ether oxygens (including phenoxy) is 1. The Balaban J connectivity index is 2.02. The van der Waals surface area contributed by atoms with E-state index in [-0.39, 0.29) is 0 Å². The number of hydrogen-bond donors (Lipinski definition) is 0. The lowest BCUT2D eigenvalue weighted by Crippen LogP contribution is -2.00. The highest BCUT2D eigenvalue weighted by molar-refractivity contribution is 14.1.